The summed E-state index contributed by atoms with van der Waals surface area (Å²) in [5.41, 5.74) is 0. The van der Waals surface area contributed by atoms with E-state index in [4.69, 9.17) is 11.6 Å². The fraction of sp³-hybridized carbons (Fsp3) is 0.357. The molecule has 1 saturated heterocycles. The molecule has 21 heavy (non-hydrogen) atoms. The number of pyridine rings is 1. The molecule has 0 atom stereocenters. The van der Waals surface area contributed by atoms with Crippen molar-refractivity contribution in [2.75, 3.05) is 26.2 Å². The Morgan fingerprint density at radius 3 is 2.90 bits per heavy atom. The molecule has 2 heterocycles. The lowest BCUT2D eigenvalue weighted by molar-refractivity contribution is 0.432. The minimum absolute atomic E-state index is 0.259. The Morgan fingerprint density at radius 1 is 1.19 bits per heavy atom. The van der Waals surface area contributed by atoms with Crippen LogP contribution in [0.15, 0.2) is 35.5 Å². The molecule has 3 rings (SSSR count). The molecule has 2 aromatic rings. The lowest BCUT2D eigenvalue weighted by Crippen LogP contribution is -2.34. The summed E-state index contributed by atoms with van der Waals surface area (Å²) in [6, 6.07) is 5.16. The van der Waals surface area contributed by atoms with Gasteiger partial charge in [-0.25, -0.2) is 8.42 Å². The third-order valence-electron chi connectivity index (χ3n) is 3.62. The van der Waals surface area contributed by atoms with Crippen LogP contribution in [0.1, 0.15) is 6.42 Å². The number of nitrogens with zero attached hydrogens (tertiary/aromatic N) is 2. The lowest BCUT2D eigenvalue weighted by Gasteiger charge is -2.20. The smallest absolute Gasteiger partial charge is 0.243 e. The highest BCUT2D eigenvalue weighted by Gasteiger charge is 2.27. The van der Waals surface area contributed by atoms with Crippen molar-refractivity contribution in [1.82, 2.24) is 14.6 Å². The van der Waals surface area contributed by atoms with Gasteiger partial charge in [-0.1, -0.05) is 23.7 Å². The van der Waals surface area contributed by atoms with Crippen LogP contribution >= 0.6 is 11.6 Å². The summed E-state index contributed by atoms with van der Waals surface area (Å²) in [5, 5.41) is 4.85. The Bertz CT molecular complexity index is 751. The van der Waals surface area contributed by atoms with E-state index in [9.17, 15) is 8.42 Å². The van der Waals surface area contributed by atoms with Gasteiger partial charge in [-0.05, 0) is 19.0 Å². The van der Waals surface area contributed by atoms with E-state index < -0.39 is 10.0 Å². The molecule has 1 aromatic heterocycles. The SMILES string of the molecule is O=S(=O)(c1cccc2cncc(Cl)c12)N1CCCNCC1. The summed E-state index contributed by atoms with van der Waals surface area (Å²) in [6.07, 6.45) is 3.91. The van der Waals surface area contributed by atoms with Gasteiger partial charge in [-0.3, -0.25) is 4.98 Å². The first-order chi connectivity index (χ1) is 10.1. The summed E-state index contributed by atoms with van der Waals surface area (Å²) in [4.78, 5) is 4.27. The van der Waals surface area contributed by atoms with Crippen LogP contribution in [0.25, 0.3) is 10.8 Å². The second-order valence-electron chi connectivity index (χ2n) is 4.98. The highest BCUT2D eigenvalue weighted by Crippen LogP contribution is 2.30. The molecule has 7 heteroatoms. The van der Waals surface area contributed by atoms with Gasteiger partial charge >= 0.3 is 0 Å². The molecular formula is C14H16ClN3O2S. The number of benzene rings is 1. The van der Waals surface area contributed by atoms with Gasteiger partial charge in [0.15, 0.2) is 0 Å². The largest absolute Gasteiger partial charge is 0.315 e. The Labute approximate surface area is 129 Å². The fourth-order valence-corrected chi connectivity index (χ4v) is 4.61. The summed E-state index contributed by atoms with van der Waals surface area (Å²) in [7, 11) is -3.55. The highest BCUT2D eigenvalue weighted by molar-refractivity contribution is 7.89. The monoisotopic (exact) mass is 325 g/mol. The quantitative estimate of drug-likeness (QED) is 0.915. The maximum Gasteiger partial charge on any atom is 0.243 e. The second-order valence-corrected chi connectivity index (χ2v) is 7.30. The Hall–Kier alpha value is -1.21. The predicted octanol–water partition coefficient (Wildman–Crippen LogP) is 1.87. The van der Waals surface area contributed by atoms with Gasteiger partial charge in [-0.2, -0.15) is 4.31 Å². The molecule has 0 saturated carbocycles. The molecule has 0 amide bonds. The van der Waals surface area contributed by atoms with Gasteiger partial charge < -0.3 is 5.32 Å². The molecule has 1 fully saturated rings. The van der Waals surface area contributed by atoms with Crippen LogP contribution in [0.5, 0.6) is 0 Å². The standard InChI is InChI=1S/C14H16ClN3O2S/c15-12-10-17-9-11-3-1-4-13(14(11)12)21(19,20)18-7-2-5-16-6-8-18/h1,3-4,9-10,16H,2,5-8H2. The van der Waals surface area contributed by atoms with Crippen LogP contribution in [0, 0.1) is 0 Å². The van der Waals surface area contributed by atoms with Crippen LogP contribution in [-0.2, 0) is 10.0 Å². The Balaban J connectivity index is 2.14. The third-order valence-corrected chi connectivity index (χ3v) is 5.84. The number of nitrogens with one attached hydrogen (secondary N) is 1. The highest BCUT2D eigenvalue weighted by atomic mass is 35.5. The van der Waals surface area contributed by atoms with Crippen LogP contribution in [0.3, 0.4) is 0 Å². The van der Waals surface area contributed by atoms with Crippen molar-refractivity contribution in [3.8, 4) is 0 Å². The maximum atomic E-state index is 12.9. The molecule has 0 aliphatic carbocycles. The van der Waals surface area contributed by atoms with Gasteiger partial charge in [0.05, 0.1) is 9.92 Å². The van der Waals surface area contributed by atoms with Gasteiger partial charge in [-0.15, -0.1) is 0 Å². The van der Waals surface area contributed by atoms with E-state index in [1.165, 1.54) is 10.5 Å². The van der Waals surface area contributed by atoms with Crippen molar-refractivity contribution >= 4 is 32.4 Å². The second kappa shape index (κ2) is 5.88. The predicted molar refractivity (Wildman–Crippen MR) is 83.0 cm³/mol. The molecule has 112 valence electrons. The first-order valence-electron chi connectivity index (χ1n) is 6.84. The normalized spacial score (nSPS) is 17.8. The van der Waals surface area contributed by atoms with Gasteiger partial charge in [0, 0.05) is 42.8 Å². The number of sulfonamides is 1. The lowest BCUT2D eigenvalue weighted by atomic mass is 10.2. The number of hydrogen-bond donors (Lipinski definition) is 1. The van der Waals surface area contributed by atoms with Gasteiger partial charge in [0.25, 0.3) is 0 Å². The molecule has 1 N–H and O–H groups in total. The minimum Gasteiger partial charge on any atom is -0.315 e. The molecule has 0 unspecified atom stereocenters. The van der Waals surface area contributed by atoms with Crippen LogP contribution in [0.4, 0.5) is 0 Å². The first kappa shape index (κ1) is 14.7. The molecule has 1 aromatic carbocycles. The average molecular weight is 326 g/mol. The van der Waals surface area contributed by atoms with E-state index in [1.807, 2.05) is 6.07 Å². The van der Waals surface area contributed by atoms with Crippen molar-refractivity contribution in [3.05, 3.63) is 35.6 Å². The van der Waals surface area contributed by atoms with Crippen molar-refractivity contribution in [2.45, 2.75) is 11.3 Å². The first-order valence-corrected chi connectivity index (χ1v) is 8.65. The Kier molecular flexibility index (Phi) is 4.12. The molecular weight excluding hydrogens is 310 g/mol. The summed E-state index contributed by atoms with van der Waals surface area (Å²) >= 11 is 6.18. The molecule has 0 spiro atoms. The zero-order valence-corrected chi connectivity index (χ0v) is 13.0. The van der Waals surface area contributed by atoms with E-state index in [0.29, 0.717) is 30.0 Å². The molecule has 1 aliphatic heterocycles. The summed E-state index contributed by atoms with van der Waals surface area (Å²) in [5.74, 6) is 0. The third kappa shape index (κ3) is 2.76. The van der Waals surface area contributed by atoms with E-state index >= 15 is 0 Å². The number of rotatable bonds is 2. The maximum absolute atomic E-state index is 12.9. The zero-order chi connectivity index (χ0) is 14.9. The molecule has 5 nitrogen and oxygen atoms in total. The molecule has 0 radical (unpaired) electrons. The average Bonchev–Trinajstić information content (AvgIpc) is 2.76. The van der Waals surface area contributed by atoms with Crippen molar-refractivity contribution < 1.29 is 8.42 Å². The topological polar surface area (TPSA) is 62.3 Å². The van der Waals surface area contributed by atoms with Gasteiger partial charge in [0.1, 0.15) is 0 Å². The minimum atomic E-state index is -3.55. The van der Waals surface area contributed by atoms with Crippen LogP contribution < -0.4 is 5.32 Å². The van der Waals surface area contributed by atoms with Crippen molar-refractivity contribution in [3.63, 3.8) is 0 Å². The number of aromatic nitrogens is 1. The number of hydrogen-bond acceptors (Lipinski definition) is 4. The number of halogens is 1. The van der Waals surface area contributed by atoms with E-state index in [-0.39, 0.29) is 4.90 Å². The van der Waals surface area contributed by atoms with E-state index in [2.05, 4.69) is 10.3 Å². The number of fused-ring (bicyclic) bond motifs is 1. The van der Waals surface area contributed by atoms with E-state index in [1.54, 1.807) is 18.3 Å². The fourth-order valence-electron chi connectivity index (χ4n) is 2.57. The zero-order valence-electron chi connectivity index (χ0n) is 11.4. The Morgan fingerprint density at radius 2 is 2.05 bits per heavy atom. The van der Waals surface area contributed by atoms with E-state index in [0.717, 1.165) is 18.4 Å². The molecule has 1 aliphatic rings. The van der Waals surface area contributed by atoms with Crippen molar-refractivity contribution in [2.24, 2.45) is 0 Å². The molecule has 0 bridgehead atoms. The van der Waals surface area contributed by atoms with Crippen LogP contribution in [0.2, 0.25) is 5.02 Å². The van der Waals surface area contributed by atoms with Crippen LogP contribution in [-0.4, -0.2) is 43.9 Å². The van der Waals surface area contributed by atoms with Gasteiger partial charge in [0.2, 0.25) is 10.0 Å². The summed E-state index contributed by atoms with van der Waals surface area (Å²) in [6.45, 7) is 2.50. The van der Waals surface area contributed by atoms with Crippen molar-refractivity contribution in [1.29, 1.82) is 0 Å². The summed E-state index contributed by atoms with van der Waals surface area (Å²) < 4.78 is 27.4.